The second-order valence-corrected chi connectivity index (χ2v) is 8.15. The molecule has 7 nitrogen and oxygen atoms in total. The van der Waals surface area contributed by atoms with Gasteiger partial charge in [-0.05, 0) is 25.8 Å². The van der Waals surface area contributed by atoms with Crippen LogP contribution in [-0.2, 0) is 22.0 Å². The maximum absolute atomic E-state index is 13.3. The topological polar surface area (TPSA) is 77.3 Å². The molecule has 0 bridgehead atoms. The van der Waals surface area contributed by atoms with Crippen LogP contribution in [0, 0.1) is 5.92 Å². The number of fused-ring (bicyclic) bond motifs is 1. The van der Waals surface area contributed by atoms with Crippen LogP contribution in [0.25, 0.3) is 11.0 Å². The summed E-state index contributed by atoms with van der Waals surface area (Å²) in [5.74, 6) is -0.544. The maximum atomic E-state index is 13.3. The molecule has 0 aliphatic carbocycles. The van der Waals surface area contributed by atoms with Gasteiger partial charge in [-0.25, -0.2) is 4.98 Å². The van der Waals surface area contributed by atoms with Gasteiger partial charge < -0.3 is 9.64 Å². The fourth-order valence-electron chi connectivity index (χ4n) is 3.46. The molecule has 1 saturated heterocycles. The van der Waals surface area contributed by atoms with E-state index >= 15 is 0 Å². The Morgan fingerprint density at radius 1 is 1.33 bits per heavy atom. The molecule has 1 atom stereocenters. The van der Waals surface area contributed by atoms with E-state index in [1.54, 1.807) is 22.7 Å². The van der Waals surface area contributed by atoms with Gasteiger partial charge in [0.05, 0.1) is 29.7 Å². The van der Waals surface area contributed by atoms with Crippen molar-refractivity contribution in [3.8, 4) is 0 Å². The lowest BCUT2D eigenvalue weighted by Gasteiger charge is -2.32. The molecule has 1 unspecified atom stereocenters. The van der Waals surface area contributed by atoms with Crippen molar-refractivity contribution in [2.24, 2.45) is 13.0 Å². The molecule has 1 aliphatic rings. The summed E-state index contributed by atoms with van der Waals surface area (Å²) in [6.07, 6.45) is 3.24. The van der Waals surface area contributed by atoms with Gasteiger partial charge in [-0.1, -0.05) is 20.8 Å². The Hall–Kier alpha value is -2.44. The first-order valence-corrected chi connectivity index (χ1v) is 9.51. The van der Waals surface area contributed by atoms with E-state index in [0.29, 0.717) is 30.9 Å². The van der Waals surface area contributed by atoms with E-state index in [0.717, 1.165) is 23.9 Å². The number of rotatable bonds is 3. The Labute approximate surface area is 159 Å². The van der Waals surface area contributed by atoms with Crippen molar-refractivity contribution >= 4 is 22.9 Å². The van der Waals surface area contributed by atoms with Crippen molar-refractivity contribution in [3.63, 3.8) is 0 Å². The minimum atomic E-state index is -0.254. The van der Waals surface area contributed by atoms with E-state index in [4.69, 9.17) is 9.72 Å². The standard InChI is InChI=1S/C20H28N4O3/c1-6-27-19(26)13-8-7-9-24(12-13)18(25)14-10-16(20(2,3)4)22-17-15(14)11-21-23(17)5/h10-11,13H,6-9,12H2,1-5H3. The zero-order valence-electron chi connectivity index (χ0n) is 16.8. The Bertz CT molecular complexity index is 866. The molecular formula is C20H28N4O3. The molecule has 0 aromatic carbocycles. The van der Waals surface area contributed by atoms with Crippen LogP contribution >= 0.6 is 0 Å². The molecule has 2 aromatic rings. The van der Waals surface area contributed by atoms with E-state index < -0.39 is 0 Å². The van der Waals surface area contributed by atoms with Crippen LogP contribution in [0.5, 0.6) is 0 Å². The van der Waals surface area contributed by atoms with Gasteiger partial charge in [0.25, 0.3) is 5.91 Å². The van der Waals surface area contributed by atoms with E-state index in [2.05, 4.69) is 25.9 Å². The van der Waals surface area contributed by atoms with Gasteiger partial charge in [-0.15, -0.1) is 0 Å². The van der Waals surface area contributed by atoms with Crippen LogP contribution < -0.4 is 0 Å². The SMILES string of the molecule is CCOC(=O)C1CCCN(C(=O)c2cc(C(C)(C)C)nc3c2cnn3C)C1. The lowest BCUT2D eigenvalue weighted by Crippen LogP contribution is -2.43. The third-order valence-electron chi connectivity index (χ3n) is 5.03. The number of hydrogen-bond donors (Lipinski definition) is 0. The molecule has 0 radical (unpaired) electrons. The molecule has 3 heterocycles. The van der Waals surface area contributed by atoms with Gasteiger partial charge >= 0.3 is 5.97 Å². The molecule has 7 heteroatoms. The Balaban J connectivity index is 1.96. The third kappa shape index (κ3) is 3.82. The summed E-state index contributed by atoms with van der Waals surface area (Å²) in [7, 11) is 1.83. The number of likely N-dealkylation sites (tertiary alicyclic amines) is 1. The van der Waals surface area contributed by atoms with Crippen molar-refractivity contribution in [2.45, 2.75) is 46.0 Å². The highest BCUT2D eigenvalue weighted by Gasteiger charge is 2.31. The molecule has 1 aliphatic heterocycles. The summed E-state index contributed by atoms with van der Waals surface area (Å²) < 4.78 is 6.85. The number of piperidine rings is 1. The first-order valence-electron chi connectivity index (χ1n) is 9.51. The molecular weight excluding hydrogens is 344 g/mol. The zero-order chi connectivity index (χ0) is 19.8. The number of aryl methyl sites for hydroxylation is 1. The average Bonchev–Trinajstić information content (AvgIpc) is 3.01. The Morgan fingerprint density at radius 3 is 2.74 bits per heavy atom. The molecule has 146 valence electrons. The molecule has 0 spiro atoms. The van der Waals surface area contributed by atoms with E-state index in [9.17, 15) is 9.59 Å². The Kier molecular flexibility index (Phi) is 5.22. The minimum absolute atomic E-state index is 0.0742. The second kappa shape index (κ2) is 7.29. The monoisotopic (exact) mass is 372 g/mol. The summed E-state index contributed by atoms with van der Waals surface area (Å²) >= 11 is 0. The lowest BCUT2D eigenvalue weighted by atomic mass is 9.90. The normalized spacial score (nSPS) is 18.0. The molecule has 27 heavy (non-hydrogen) atoms. The van der Waals surface area contributed by atoms with Crippen molar-refractivity contribution < 1.29 is 14.3 Å². The van der Waals surface area contributed by atoms with Crippen molar-refractivity contribution in [3.05, 3.63) is 23.5 Å². The highest BCUT2D eigenvalue weighted by atomic mass is 16.5. The van der Waals surface area contributed by atoms with Gasteiger partial charge in [-0.2, -0.15) is 5.10 Å². The van der Waals surface area contributed by atoms with Crippen LogP contribution in [0.15, 0.2) is 12.3 Å². The van der Waals surface area contributed by atoms with Gasteiger partial charge in [0.1, 0.15) is 0 Å². The van der Waals surface area contributed by atoms with Gasteiger partial charge in [0.15, 0.2) is 5.65 Å². The fraction of sp³-hybridized carbons (Fsp3) is 0.600. The number of aromatic nitrogens is 3. The van der Waals surface area contributed by atoms with Crippen molar-refractivity contribution in [1.29, 1.82) is 0 Å². The summed E-state index contributed by atoms with van der Waals surface area (Å²) in [5, 5.41) is 5.03. The van der Waals surface area contributed by atoms with E-state index in [1.165, 1.54) is 0 Å². The highest BCUT2D eigenvalue weighted by molar-refractivity contribution is 6.05. The smallest absolute Gasteiger partial charge is 0.310 e. The number of amides is 1. The highest BCUT2D eigenvalue weighted by Crippen LogP contribution is 2.28. The molecule has 0 saturated carbocycles. The summed E-state index contributed by atoms with van der Waals surface area (Å²) in [5.41, 5.74) is 1.95. The first-order chi connectivity index (χ1) is 12.7. The predicted octanol–water partition coefficient (Wildman–Crippen LogP) is 2.68. The van der Waals surface area contributed by atoms with E-state index in [-0.39, 0.29) is 23.2 Å². The quantitative estimate of drug-likeness (QED) is 0.774. The molecule has 3 rings (SSSR count). The molecule has 0 N–H and O–H groups in total. The second-order valence-electron chi connectivity index (χ2n) is 8.15. The lowest BCUT2D eigenvalue weighted by molar-refractivity contribution is -0.149. The van der Waals surface area contributed by atoms with Crippen LogP contribution in [0.2, 0.25) is 0 Å². The number of carbonyl (C=O) groups is 2. The maximum Gasteiger partial charge on any atom is 0.310 e. The predicted molar refractivity (Wildman–Crippen MR) is 102 cm³/mol. The molecule has 2 aromatic heterocycles. The summed E-state index contributed by atoms with van der Waals surface area (Å²) in [6.45, 7) is 9.42. The van der Waals surface area contributed by atoms with Crippen molar-refractivity contribution in [1.82, 2.24) is 19.7 Å². The number of nitrogens with zero attached hydrogens (tertiary/aromatic N) is 4. The van der Waals surface area contributed by atoms with Crippen LogP contribution in [-0.4, -0.2) is 51.2 Å². The summed E-state index contributed by atoms with van der Waals surface area (Å²) in [4.78, 5) is 31.9. The van der Waals surface area contributed by atoms with Crippen molar-refractivity contribution in [2.75, 3.05) is 19.7 Å². The Morgan fingerprint density at radius 2 is 2.07 bits per heavy atom. The number of pyridine rings is 1. The van der Waals surface area contributed by atoms with Crippen LogP contribution in [0.3, 0.4) is 0 Å². The first kappa shape index (κ1) is 19.3. The van der Waals surface area contributed by atoms with E-state index in [1.807, 2.05) is 13.1 Å². The summed E-state index contributed by atoms with van der Waals surface area (Å²) in [6, 6.07) is 1.88. The zero-order valence-corrected chi connectivity index (χ0v) is 16.8. The molecule has 1 amide bonds. The van der Waals surface area contributed by atoms with Gasteiger partial charge in [0.2, 0.25) is 0 Å². The van der Waals surface area contributed by atoms with Gasteiger partial charge in [-0.3, -0.25) is 14.3 Å². The number of carbonyl (C=O) groups excluding carboxylic acids is 2. The fourth-order valence-corrected chi connectivity index (χ4v) is 3.46. The molecule has 1 fully saturated rings. The minimum Gasteiger partial charge on any atom is -0.466 e. The van der Waals surface area contributed by atoms with Gasteiger partial charge in [0, 0.05) is 31.2 Å². The number of ether oxygens (including phenoxy) is 1. The number of esters is 1. The largest absolute Gasteiger partial charge is 0.466 e. The average molecular weight is 372 g/mol. The van der Waals surface area contributed by atoms with Crippen LogP contribution in [0.4, 0.5) is 0 Å². The third-order valence-corrected chi connectivity index (χ3v) is 5.03. The van der Waals surface area contributed by atoms with Crippen LogP contribution in [0.1, 0.15) is 56.6 Å². The number of hydrogen-bond acceptors (Lipinski definition) is 5.